The Kier molecular flexibility index (Phi) is 3.46. The lowest BCUT2D eigenvalue weighted by molar-refractivity contribution is 0.0727. The maximum absolute atomic E-state index is 12.9. The van der Waals surface area contributed by atoms with E-state index in [0.29, 0.717) is 12.2 Å². The summed E-state index contributed by atoms with van der Waals surface area (Å²) in [5.41, 5.74) is 1.47. The van der Waals surface area contributed by atoms with Crippen molar-refractivity contribution in [2.45, 2.75) is 25.4 Å². The first-order valence-electron chi connectivity index (χ1n) is 7.52. The average molecular weight is 325 g/mol. The van der Waals surface area contributed by atoms with Crippen molar-refractivity contribution < 1.29 is 4.79 Å². The summed E-state index contributed by atoms with van der Waals surface area (Å²) in [4.78, 5) is 31.5. The van der Waals surface area contributed by atoms with Gasteiger partial charge in [-0.3, -0.25) is 14.0 Å². The van der Waals surface area contributed by atoms with Gasteiger partial charge in [-0.05, 0) is 47.4 Å². The van der Waals surface area contributed by atoms with E-state index in [9.17, 15) is 9.59 Å². The van der Waals surface area contributed by atoms with Gasteiger partial charge in [-0.25, -0.2) is 4.98 Å². The Balaban J connectivity index is 1.72. The number of carbonyl (C=O) groups is 1. The Morgan fingerprint density at radius 1 is 1.35 bits per heavy atom. The van der Waals surface area contributed by atoms with Gasteiger partial charge in [0.1, 0.15) is 11.2 Å². The number of rotatable bonds is 4. The normalized spacial score (nSPS) is 14.1. The van der Waals surface area contributed by atoms with E-state index < -0.39 is 0 Å². The van der Waals surface area contributed by atoms with Crippen molar-refractivity contribution in [1.29, 1.82) is 0 Å². The van der Waals surface area contributed by atoms with Crippen LogP contribution in [0.2, 0.25) is 0 Å². The molecule has 0 spiro atoms. The number of thiophene rings is 1. The third-order valence-electron chi connectivity index (χ3n) is 4.03. The lowest BCUT2D eigenvalue weighted by Crippen LogP contribution is -2.37. The largest absolute Gasteiger partial charge is 0.331 e. The molecule has 0 bridgehead atoms. The van der Waals surface area contributed by atoms with Gasteiger partial charge in [0.25, 0.3) is 11.5 Å². The molecule has 4 rings (SSSR count). The second-order valence-corrected chi connectivity index (χ2v) is 6.48. The number of pyridine rings is 1. The summed E-state index contributed by atoms with van der Waals surface area (Å²) in [6, 6.07) is 7.57. The van der Waals surface area contributed by atoms with Crippen LogP contribution in [-0.2, 0) is 6.54 Å². The lowest BCUT2D eigenvalue weighted by Gasteiger charge is -2.21. The Morgan fingerprint density at radius 3 is 2.96 bits per heavy atom. The molecule has 1 amide bonds. The van der Waals surface area contributed by atoms with Crippen molar-refractivity contribution in [2.75, 3.05) is 0 Å². The zero-order valence-corrected chi connectivity index (χ0v) is 13.2. The maximum atomic E-state index is 12.9. The molecule has 0 aliphatic heterocycles. The van der Waals surface area contributed by atoms with E-state index in [-0.39, 0.29) is 23.1 Å². The van der Waals surface area contributed by atoms with Crippen LogP contribution in [0.3, 0.4) is 0 Å². The first-order chi connectivity index (χ1) is 11.2. The highest BCUT2D eigenvalue weighted by Crippen LogP contribution is 2.29. The second-order valence-electron chi connectivity index (χ2n) is 5.70. The van der Waals surface area contributed by atoms with Crippen LogP contribution < -0.4 is 5.56 Å². The quantitative estimate of drug-likeness (QED) is 0.741. The second kappa shape index (κ2) is 5.62. The molecule has 3 aromatic heterocycles. The minimum atomic E-state index is -0.309. The molecule has 3 aromatic rings. The van der Waals surface area contributed by atoms with E-state index in [1.165, 1.54) is 10.6 Å². The van der Waals surface area contributed by atoms with Crippen molar-refractivity contribution in [3.05, 3.63) is 68.9 Å². The minimum Gasteiger partial charge on any atom is -0.331 e. The van der Waals surface area contributed by atoms with Crippen LogP contribution in [-0.4, -0.2) is 26.2 Å². The van der Waals surface area contributed by atoms with E-state index in [1.54, 1.807) is 34.6 Å². The summed E-state index contributed by atoms with van der Waals surface area (Å²) in [7, 11) is 0. The van der Waals surface area contributed by atoms with E-state index in [0.717, 1.165) is 18.4 Å². The molecule has 116 valence electrons. The van der Waals surface area contributed by atoms with Crippen LogP contribution in [0.15, 0.2) is 52.2 Å². The molecular weight excluding hydrogens is 310 g/mol. The summed E-state index contributed by atoms with van der Waals surface area (Å²) in [6.45, 7) is 0.546. The van der Waals surface area contributed by atoms with Crippen molar-refractivity contribution in [3.8, 4) is 0 Å². The fourth-order valence-electron chi connectivity index (χ4n) is 2.66. The molecule has 6 heteroatoms. The molecule has 0 saturated heterocycles. The van der Waals surface area contributed by atoms with Gasteiger partial charge in [-0.1, -0.05) is 6.07 Å². The summed E-state index contributed by atoms with van der Waals surface area (Å²) in [5, 5.41) is 4.03. The van der Waals surface area contributed by atoms with Crippen LogP contribution in [0.1, 0.15) is 28.8 Å². The van der Waals surface area contributed by atoms with Gasteiger partial charge in [-0.15, -0.1) is 0 Å². The van der Waals surface area contributed by atoms with Crippen molar-refractivity contribution in [2.24, 2.45) is 0 Å². The number of nitrogens with zero attached hydrogens (tertiary/aromatic N) is 3. The highest BCUT2D eigenvalue weighted by Gasteiger charge is 2.34. The maximum Gasteiger partial charge on any atom is 0.270 e. The predicted octanol–water partition coefficient (Wildman–Crippen LogP) is 2.56. The Hall–Kier alpha value is -2.47. The van der Waals surface area contributed by atoms with Gasteiger partial charge >= 0.3 is 0 Å². The number of carbonyl (C=O) groups excluding carboxylic acids is 1. The highest BCUT2D eigenvalue weighted by molar-refractivity contribution is 7.07. The van der Waals surface area contributed by atoms with Gasteiger partial charge < -0.3 is 4.90 Å². The molecule has 1 aliphatic rings. The van der Waals surface area contributed by atoms with E-state index in [2.05, 4.69) is 4.98 Å². The number of aromatic nitrogens is 2. The van der Waals surface area contributed by atoms with Crippen LogP contribution in [0, 0.1) is 0 Å². The first-order valence-corrected chi connectivity index (χ1v) is 8.47. The molecule has 0 radical (unpaired) electrons. The summed E-state index contributed by atoms with van der Waals surface area (Å²) >= 11 is 1.61. The molecule has 1 saturated carbocycles. The lowest BCUT2D eigenvalue weighted by atomic mass is 10.2. The van der Waals surface area contributed by atoms with Crippen LogP contribution in [0.25, 0.3) is 5.65 Å². The fraction of sp³-hybridized carbons (Fsp3) is 0.235. The minimum absolute atomic E-state index is 0.135. The van der Waals surface area contributed by atoms with Crippen LogP contribution >= 0.6 is 11.3 Å². The number of fused-ring (bicyclic) bond motifs is 1. The van der Waals surface area contributed by atoms with E-state index in [4.69, 9.17) is 0 Å². The van der Waals surface area contributed by atoms with Crippen LogP contribution in [0.5, 0.6) is 0 Å². The predicted molar refractivity (Wildman–Crippen MR) is 88.7 cm³/mol. The first kappa shape index (κ1) is 14.1. The molecule has 1 aliphatic carbocycles. The molecule has 5 nitrogen and oxygen atoms in total. The number of hydrogen-bond donors (Lipinski definition) is 0. The zero-order valence-electron chi connectivity index (χ0n) is 12.4. The Morgan fingerprint density at radius 2 is 2.22 bits per heavy atom. The highest BCUT2D eigenvalue weighted by atomic mass is 32.1. The van der Waals surface area contributed by atoms with Crippen LogP contribution in [0.4, 0.5) is 0 Å². The molecule has 3 heterocycles. The van der Waals surface area contributed by atoms with Gasteiger partial charge in [0.2, 0.25) is 0 Å². The van der Waals surface area contributed by atoms with Gasteiger partial charge in [0.15, 0.2) is 0 Å². The third kappa shape index (κ3) is 2.66. The van der Waals surface area contributed by atoms with Crippen molar-refractivity contribution in [1.82, 2.24) is 14.3 Å². The standard InChI is InChI=1S/C17H15N3O2S/c21-16-14(9-18-15-3-1-2-7-19(15)16)17(22)20(13-4-5-13)10-12-6-8-23-11-12/h1-3,6-9,11,13H,4-5,10H2. The van der Waals surface area contributed by atoms with Gasteiger partial charge in [0.05, 0.1) is 0 Å². The summed E-state index contributed by atoms with van der Waals surface area (Å²) in [6.07, 6.45) is 5.04. The third-order valence-corrected chi connectivity index (χ3v) is 4.76. The Labute approximate surface area is 136 Å². The molecule has 1 fully saturated rings. The molecule has 0 unspecified atom stereocenters. The molecular formula is C17H15N3O2S. The molecule has 0 N–H and O–H groups in total. The zero-order chi connectivity index (χ0) is 15.8. The molecule has 23 heavy (non-hydrogen) atoms. The smallest absolute Gasteiger partial charge is 0.270 e. The Bertz CT molecular complexity index is 913. The monoisotopic (exact) mass is 325 g/mol. The fourth-order valence-corrected chi connectivity index (χ4v) is 3.32. The summed E-state index contributed by atoms with van der Waals surface area (Å²) in [5.74, 6) is -0.227. The van der Waals surface area contributed by atoms with E-state index >= 15 is 0 Å². The van der Waals surface area contributed by atoms with Crippen molar-refractivity contribution >= 4 is 22.9 Å². The molecule has 0 aromatic carbocycles. The topological polar surface area (TPSA) is 54.7 Å². The number of amides is 1. The average Bonchev–Trinajstić information content (AvgIpc) is 3.29. The van der Waals surface area contributed by atoms with Crippen molar-refractivity contribution in [3.63, 3.8) is 0 Å². The molecule has 0 atom stereocenters. The van der Waals surface area contributed by atoms with E-state index in [1.807, 2.05) is 22.9 Å². The summed E-state index contributed by atoms with van der Waals surface area (Å²) < 4.78 is 1.42. The van der Waals surface area contributed by atoms with Gasteiger partial charge in [-0.2, -0.15) is 11.3 Å². The number of hydrogen-bond acceptors (Lipinski definition) is 4. The van der Waals surface area contributed by atoms with Gasteiger partial charge in [0, 0.05) is 25.0 Å². The SMILES string of the molecule is O=C(c1cnc2ccccn2c1=O)N(Cc1ccsc1)C1CC1.